The van der Waals surface area contributed by atoms with Gasteiger partial charge in [-0.15, -0.1) is 0 Å². The molecule has 1 N–H and O–H groups in total. The molecule has 0 aromatic heterocycles. The molecule has 27 heavy (non-hydrogen) atoms. The topological polar surface area (TPSA) is 75.7 Å². The van der Waals surface area contributed by atoms with Gasteiger partial charge >= 0.3 is 0 Å². The summed E-state index contributed by atoms with van der Waals surface area (Å²) in [4.78, 5) is 12.3. The smallest absolute Gasteiger partial charge is 0.241 e. The average molecular weight is 411 g/mol. The minimum atomic E-state index is -3.66. The van der Waals surface area contributed by atoms with E-state index in [4.69, 9.17) is 16.3 Å². The van der Waals surface area contributed by atoms with Crippen molar-refractivity contribution in [2.75, 3.05) is 17.1 Å². The van der Waals surface area contributed by atoms with Crippen LogP contribution in [0, 0.1) is 0 Å². The van der Waals surface area contributed by atoms with E-state index in [1.807, 2.05) is 38.1 Å². The van der Waals surface area contributed by atoms with E-state index in [-0.39, 0.29) is 29.9 Å². The molecule has 0 heterocycles. The lowest BCUT2D eigenvalue weighted by atomic mass is 10.2. The molecule has 8 heteroatoms. The van der Waals surface area contributed by atoms with Crippen LogP contribution in [0.5, 0.6) is 5.75 Å². The number of anilines is 1. The first-order valence-electron chi connectivity index (χ1n) is 8.41. The second-order valence-electron chi connectivity index (χ2n) is 6.31. The van der Waals surface area contributed by atoms with Crippen LogP contribution in [0.2, 0.25) is 5.02 Å². The van der Waals surface area contributed by atoms with E-state index >= 15 is 0 Å². The number of nitrogens with zero attached hydrogens (tertiary/aromatic N) is 1. The van der Waals surface area contributed by atoms with E-state index in [1.54, 1.807) is 24.3 Å². The zero-order valence-electron chi connectivity index (χ0n) is 15.5. The summed E-state index contributed by atoms with van der Waals surface area (Å²) in [5, 5.41) is 2.98. The van der Waals surface area contributed by atoms with E-state index in [0.717, 1.165) is 21.9 Å². The zero-order valence-corrected chi connectivity index (χ0v) is 17.0. The first kappa shape index (κ1) is 21.1. The van der Waals surface area contributed by atoms with Gasteiger partial charge in [0.2, 0.25) is 15.9 Å². The molecule has 146 valence electrons. The second-order valence-corrected chi connectivity index (χ2v) is 8.62. The molecule has 0 aliphatic carbocycles. The first-order chi connectivity index (χ1) is 12.7. The number of hydrogen-bond donors (Lipinski definition) is 1. The molecule has 0 radical (unpaired) electrons. The summed E-state index contributed by atoms with van der Waals surface area (Å²) in [6, 6.07) is 13.8. The Hall–Kier alpha value is -2.25. The van der Waals surface area contributed by atoms with Crippen molar-refractivity contribution in [1.82, 2.24) is 5.32 Å². The van der Waals surface area contributed by atoms with Gasteiger partial charge in [-0.25, -0.2) is 8.42 Å². The maximum absolute atomic E-state index is 12.3. The summed E-state index contributed by atoms with van der Waals surface area (Å²) in [6.07, 6.45) is 1.12. The molecule has 2 aromatic carbocycles. The van der Waals surface area contributed by atoms with Crippen LogP contribution < -0.4 is 14.4 Å². The lowest BCUT2D eigenvalue weighted by Crippen LogP contribution is -2.40. The number of nitrogens with one attached hydrogen (secondary N) is 1. The highest BCUT2D eigenvalue weighted by Crippen LogP contribution is 2.26. The molecule has 2 rings (SSSR count). The standard InChI is InChI=1S/C19H23ClN2O4S/c1-14(2)26-16-10-8-15(9-11-16)12-21-19(23)13-22(27(3,24)25)18-7-5-4-6-17(18)20/h4-11,14H,12-13H2,1-3H3,(H,21,23). The van der Waals surface area contributed by atoms with Crippen LogP contribution in [-0.2, 0) is 21.4 Å². The van der Waals surface area contributed by atoms with Gasteiger partial charge in [0.05, 0.1) is 23.1 Å². The lowest BCUT2D eigenvalue weighted by molar-refractivity contribution is -0.119. The third-order valence-corrected chi connectivity index (χ3v) is 5.04. The van der Waals surface area contributed by atoms with Gasteiger partial charge in [-0.05, 0) is 43.7 Å². The van der Waals surface area contributed by atoms with Gasteiger partial charge in [0.25, 0.3) is 0 Å². The van der Waals surface area contributed by atoms with Gasteiger partial charge in [0.1, 0.15) is 12.3 Å². The Morgan fingerprint density at radius 1 is 1.15 bits per heavy atom. The van der Waals surface area contributed by atoms with Crippen LogP contribution in [0.4, 0.5) is 5.69 Å². The summed E-state index contributed by atoms with van der Waals surface area (Å²) in [5.41, 5.74) is 1.15. The average Bonchev–Trinajstić information content (AvgIpc) is 2.58. The first-order valence-corrected chi connectivity index (χ1v) is 10.6. The number of carbonyl (C=O) groups excluding carboxylic acids is 1. The number of amides is 1. The summed E-state index contributed by atoms with van der Waals surface area (Å²) in [6.45, 7) is 3.82. The maximum Gasteiger partial charge on any atom is 0.241 e. The molecule has 0 saturated heterocycles. The number of carbonyl (C=O) groups is 1. The number of ether oxygens (including phenoxy) is 1. The number of benzene rings is 2. The maximum atomic E-state index is 12.3. The molecule has 0 atom stereocenters. The highest BCUT2D eigenvalue weighted by Gasteiger charge is 2.22. The minimum absolute atomic E-state index is 0.0855. The molecule has 1 amide bonds. The van der Waals surface area contributed by atoms with Crippen molar-refractivity contribution in [3.8, 4) is 5.75 Å². The molecule has 0 unspecified atom stereocenters. The fourth-order valence-electron chi connectivity index (χ4n) is 2.38. The SMILES string of the molecule is CC(C)Oc1ccc(CNC(=O)CN(c2ccccc2Cl)S(C)(=O)=O)cc1. The van der Waals surface area contributed by atoms with Crippen molar-refractivity contribution < 1.29 is 17.9 Å². The van der Waals surface area contributed by atoms with Gasteiger partial charge in [0.15, 0.2) is 0 Å². The van der Waals surface area contributed by atoms with Crippen LogP contribution >= 0.6 is 11.6 Å². The Morgan fingerprint density at radius 2 is 1.78 bits per heavy atom. The lowest BCUT2D eigenvalue weighted by Gasteiger charge is -2.22. The number of rotatable bonds is 8. The number of sulfonamides is 1. The summed E-state index contributed by atoms with van der Waals surface area (Å²) < 4.78 is 30.7. The van der Waals surface area contributed by atoms with Crippen LogP contribution in [0.25, 0.3) is 0 Å². The third-order valence-electron chi connectivity index (χ3n) is 3.59. The van der Waals surface area contributed by atoms with E-state index in [1.165, 1.54) is 0 Å². The van der Waals surface area contributed by atoms with E-state index in [9.17, 15) is 13.2 Å². The summed E-state index contributed by atoms with van der Waals surface area (Å²) in [5.74, 6) is 0.324. The molecule has 0 spiro atoms. The Morgan fingerprint density at radius 3 is 2.33 bits per heavy atom. The van der Waals surface area contributed by atoms with Crippen molar-refractivity contribution in [3.05, 3.63) is 59.1 Å². The highest BCUT2D eigenvalue weighted by atomic mass is 35.5. The van der Waals surface area contributed by atoms with E-state index in [2.05, 4.69) is 5.32 Å². The molecule has 0 bridgehead atoms. The molecular weight excluding hydrogens is 388 g/mol. The molecule has 0 saturated carbocycles. The zero-order chi connectivity index (χ0) is 20.0. The van der Waals surface area contributed by atoms with Crippen molar-refractivity contribution in [2.45, 2.75) is 26.5 Å². The van der Waals surface area contributed by atoms with Crippen molar-refractivity contribution >= 4 is 33.2 Å². The third kappa shape index (κ3) is 6.45. The molecular formula is C19H23ClN2O4S. The fourth-order valence-corrected chi connectivity index (χ4v) is 3.54. The van der Waals surface area contributed by atoms with Crippen molar-refractivity contribution in [2.24, 2.45) is 0 Å². The van der Waals surface area contributed by atoms with Gasteiger partial charge in [-0.3, -0.25) is 9.10 Å². The van der Waals surface area contributed by atoms with Gasteiger partial charge in [-0.2, -0.15) is 0 Å². The highest BCUT2D eigenvalue weighted by molar-refractivity contribution is 7.92. The Kier molecular flexibility index (Phi) is 7.10. The predicted molar refractivity (Wildman–Crippen MR) is 108 cm³/mol. The van der Waals surface area contributed by atoms with Gasteiger partial charge in [-0.1, -0.05) is 35.9 Å². The second kappa shape index (κ2) is 9.10. The van der Waals surface area contributed by atoms with Crippen LogP contribution in [0.15, 0.2) is 48.5 Å². The normalized spacial score (nSPS) is 11.3. The fraction of sp³-hybridized carbons (Fsp3) is 0.316. The quantitative estimate of drug-likeness (QED) is 0.725. The Labute approximate surface area is 165 Å². The minimum Gasteiger partial charge on any atom is -0.491 e. The largest absolute Gasteiger partial charge is 0.491 e. The number of para-hydroxylation sites is 1. The van der Waals surface area contributed by atoms with Gasteiger partial charge < -0.3 is 10.1 Å². The summed E-state index contributed by atoms with van der Waals surface area (Å²) in [7, 11) is -3.66. The van der Waals surface area contributed by atoms with Crippen LogP contribution in [-0.4, -0.2) is 33.2 Å². The Balaban J connectivity index is 2.01. The number of halogens is 1. The molecule has 0 fully saturated rings. The van der Waals surface area contributed by atoms with E-state index in [0.29, 0.717) is 0 Å². The molecule has 0 aliphatic heterocycles. The summed E-state index contributed by atoms with van der Waals surface area (Å²) >= 11 is 6.08. The van der Waals surface area contributed by atoms with Crippen LogP contribution in [0.3, 0.4) is 0 Å². The van der Waals surface area contributed by atoms with Crippen LogP contribution in [0.1, 0.15) is 19.4 Å². The molecule has 0 aliphatic rings. The van der Waals surface area contributed by atoms with Crippen molar-refractivity contribution in [3.63, 3.8) is 0 Å². The number of hydrogen-bond acceptors (Lipinski definition) is 4. The predicted octanol–water partition coefficient (Wildman–Crippen LogP) is 3.21. The van der Waals surface area contributed by atoms with Crippen molar-refractivity contribution in [1.29, 1.82) is 0 Å². The van der Waals surface area contributed by atoms with E-state index < -0.39 is 15.9 Å². The molecule has 6 nitrogen and oxygen atoms in total. The molecule has 2 aromatic rings. The van der Waals surface area contributed by atoms with Gasteiger partial charge in [0, 0.05) is 6.54 Å². The Bertz CT molecular complexity index is 883. The monoisotopic (exact) mass is 410 g/mol.